The van der Waals surface area contributed by atoms with Crippen LogP contribution in [-0.2, 0) is 0 Å². The molecule has 0 aromatic carbocycles. The molecule has 1 aromatic heterocycles. The van der Waals surface area contributed by atoms with Crippen molar-refractivity contribution in [3.8, 4) is 0 Å². The Balaban J connectivity index is 2.23. The maximum absolute atomic E-state index is 5.90. The fraction of sp³-hybridized carbons (Fsp3) is 0.667. The monoisotopic (exact) mass is 220 g/mol. The van der Waals surface area contributed by atoms with Crippen LogP contribution < -0.4 is 5.73 Å². The number of hydrogen-bond donors (Lipinski definition) is 1. The molecule has 2 N–H and O–H groups in total. The zero-order valence-electron chi connectivity index (χ0n) is 10.1. The molecular weight excluding hydrogens is 200 g/mol. The summed E-state index contributed by atoms with van der Waals surface area (Å²) in [4.78, 5) is 10.7. The minimum absolute atomic E-state index is 0.223. The van der Waals surface area contributed by atoms with Crippen LogP contribution in [0.4, 0.5) is 0 Å². The van der Waals surface area contributed by atoms with E-state index in [0.717, 1.165) is 12.2 Å². The Morgan fingerprint density at radius 2 is 2.38 bits per heavy atom. The maximum Gasteiger partial charge on any atom is 0.115 e. The first-order chi connectivity index (χ1) is 7.65. The normalized spacial score (nSPS) is 22.2. The summed E-state index contributed by atoms with van der Waals surface area (Å²) in [6.45, 7) is 6.28. The van der Waals surface area contributed by atoms with E-state index in [1.165, 1.54) is 12.8 Å². The second kappa shape index (κ2) is 4.47. The predicted molar refractivity (Wildman–Crippen MR) is 63.8 cm³/mol. The lowest BCUT2D eigenvalue weighted by molar-refractivity contribution is 0.116. The van der Waals surface area contributed by atoms with Crippen LogP contribution in [0.1, 0.15) is 38.4 Å². The Bertz CT molecular complexity index is 336. The van der Waals surface area contributed by atoms with Gasteiger partial charge in [0.25, 0.3) is 0 Å². The molecule has 1 aliphatic heterocycles. The molecular formula is C12H20N4. The Kier molecular flexibility index (Phi) is 3.21. The van der Waals surface area contributed by atoms with E-state index in [9.17, 15) is 0 Å². The molecule has 1 fully saturated rings. The molecule has 4 nitrogen and oxygen atoms in total. The maximum atomic E-state index is 5.90. The fourth-order valence-corrected chi connectivity index (χ4v) is 2.61. The van der Waals surface area contributed by atoms with E-state index in [0.29, 0.717) is 6.54 Å². The summed E-state index contributed by atoms with van der Waals surface area (Å²) in [5.41, 5.74) is 7.17. The van der Waals surface area contributed by atoms with Crippen molar-refractivity contribution in [3.63, 3.8) is 0 Å². The lowest BCUT2D eigenvalue weighted by atomic mass is 9.99. The summed E-state index contributed by atoms with van der Waals surface area (Å²) in [6, 6.07) is 2.19. The molecule has 2 rings (SSSR count). The summed E-state index contributed by atoms with van der Waals surface area (Å²) in [5, 5.41) is 0. The molecule has 0 saturated carbocycles. The molecule has 2 heterocycles. The fourth-order valence-electron chi connectivity index (χ4n) is 2.61. The van der Waals surface area contributed by atoms with Crippen molar-refractivity contribution in [1.29, 1.82) is 0 Å². The Morgan fingerprint density at radius 1 is 1.56 bits per heavy atom. The lowest BCUT2D eigenvalue weighted by Crippen LogP contribution is -2.43. The van der Waals surface area contributed by atoms with Gasteiger partial charge in [-0.2, -0.15) is 0 Å². The molecule has 16 heavy (non-hydrogen) atoms. The van der Waals surface area contributed by atoms with Crippen molar-refractivity contribution in [2.24, 2.45) is 5.73 Å². The molecule has 1 aromatic rings. The summed E-state index contributed by atoms with van der Waals surface area (Å²) in [6.07, 6.45) is 5.86. The Morgan fingerprint density at radius 3 is 2.88 bits per heavy atom. The van der Waals surface area contributed by atoms with Crippen LogP contribution in [0.5, 0.6) is 0 Å². The van der Waals surface area contributed by atoms with Crippen LogP contribution >= 0.6 is 0 Å². The van der Waals surface area contributed by atoms with Gasteiger partial charge in [-0.05, 0) is 39.3 Å². The average molecular weight is 220 g/mol. The van der Waals surface area contributed by atoms with Crippen molar-refractivity contribution in [2.75, 3.05) is 13.1 Å². The van der Waals surface area contributed by atoms with Gasteiger partial charge in [-0.3, -0.25) is 4.90 Å². The zero-order valence-corrected chi connectivity index (χ0v) is 10.1. The zero-order chi connectivity index (χ0) is 11.6. The van der Waals surface area contributed by atoms with E-state index in [1.807, 2.05) is 6.07 Å². The van der Waals surface area contributed by atoms with Gasteiger partial charge in [0.2, 0.25) is 0 Å². The summed E-state index contributed by atoms with van der Waals surface area (Å²) >= 11 is 0. The second-order valence-corrected chi connectivity index (χ2v) is 5.00. The summed E-state index contributed by atoms with van der Waals surface area (Å²) < 4.78 is 0. The minimum atomic E-state index is 0.223. The SMILES string of the molecule is CC1(C)CCCN1C(CN)c1ccncn1. The van der Waals surface area contributed by atoms with Crippen LogP contribution in [0.3, 0.4) is 0 Å². The van der Waals surface area contributed by atoms with E-state index in [-0.39, 0.29) is 11.6 Å². The summed E-state index contributed by atoms with van der Waals surface area (Å²) in [5.74, 6) is 0. The van der Waals surface area contributed by atoms with E-state index in [4.69, 9.17) is 5.73 Å². The van der Waals surface area contributed by atoms with Crippen LogP contribution in [0.25, 0.3) is 0 Å². The molecule has 1 aliphatic rings. The topological polar surface area (TPSA) is 55.0 Å². The van der Waals surface area contributed by atoms with Crippen LogP contribution in [-0.4, -0.2) is 33.5 Å². The van der Waals surface area contributed by atoms with Crippen LogP contribution in [0, 0.1) is 0 Å². The first-order valence-electron chi connectivity index (χ1n) is 5.88. The molecule has 0 amide bonds. The molecule has 0 bridgehead atoms. The second-order valence-electron chi connectivity index (χ2n) is 5.00. The number of aromatic nitrogens is 2. The van der Waals surface area contributed by atoms with E-state index in [1.54, 1.807) is 12.5 Å². The molecule has 1 atom stereocenters. The summed E-state index contributed by atoms with van der Waals surface area (Å²) in [7, 11) is 0. The number of likely N-dealkylation sites (tertiary alicyclic amines) is 1. The van der Waals surface area contributed by atoms with Gasteiger partial charge in [0.15, 0.2) is 0 Å². The smallest absolute Gasteiger partial charge is 0.115 e. The van der Waals surface area contributed by atoms with Gasteiger partial charge in [0.05, 0.1) is 11.7 Å². The highest BCUT2D eigenvalue weighted by Gasteiger charge is 2.37. The molecule has 0 aliphatic carbocycles. The van der Waals surface area contributed by atoms with Gasteiger partial charge < -0.3 is 5.73 Å². The van der Waals surface area contributed by atoms with Crippen LogP contribution in [0.15, 0.2) is 18.6 Å². The van der Waals surface area contributed by atoms with Crippen molar-refractivity contribution in [3.05, 3.63) is 24.3 Å². The van der Waals surface area contributed by atoms with Crippen molar-refractivity contribution in [1.82, 2.24) is 14.9 Å². The van der Waals surface area contributed by atoms with Crippen molar-refractivity contribution < 1.29 is 0 Å². The molecule has 0 radical (unpaired) electrons. The number of hydrogen-bond acceptors (Lipinski definition) is 4. The van der Waals surface area contributed by atoms with Gasteiger partial charge in [0.1, 0.15) is 6.33 Å². The highest BCUT2D eigenvalue weighted by Crippen LogP contribution is 2.35. The molecule has 1 unspecified atom stereocenters. The third-order valence-corrected chi connectivity index (χ3v) is 3.51. The third kappa shape index (κ3) is 2.08. The van der Waals surface area contributed by atoms with E-state index >= 15 is 0 Å². The first-order valence-corrected chi connectivity index (χ1v) is 5.88. The first kappa shape index (κ1) is 11.5. The minimum Gasteiger partial charge on any atom is -0.329 e. The number of nitrogens with zero attached hydrogens (tertiary/aromatic N) is 3. The largest absolute Gasteiger partial charge is 0.329 e. The highest BCUT2D eigenvalue weighted by atomic mass is 15.2. The predicted octanol–water partition coefficient (Wildman–Crippen LogP) is 1.35. The quantitative estimate of drug-likeness (QED) is 0.835. The van der Waals surface area contributed by atoms with E-state index in [2.05, 4.69) is 28.7 Å². The molecule has 1 saturated heterocycles. The van der Waals surface area contributed by atoms with Crippen molar-refractivity contribution >= 4 is 0 Å². The molecule has 0 spiro atoms. The molecule has 4 heteroatoms. The average Bonchev–Trinajstić information content (AvgIpc) is 2.62. The number of nitrogens with two attached hydrogens (primary N) is 1. The number of rotatable bonds is 3. The van der Waals surface area contributed by atoms with Gasteiger partial charge in [0, 0.05) is 18.3 Å². The third-order valence-electron chi connectivity index (χ3n) is 3.51. The highest BCUT2D eigenvalue weighted by molar-refractivity contribution is 5.08. The van der Waals surface area contributed by atoms with Gasteiger partial charge in [-0.15, -0.1) is 0 Å². The van der Waals surface area contributed by atoms with Crippen LogP contribution in [0.2, 0.25) is 0 Å². The lowest BCUT2D eigenvalue weighted by Gasteiger charge is -2.37. The Labute approximate surface area is 96.9 Å². The molecule has 88 valence electrons. The Hall–Kier alpha value is -1.00. The van der Waals surface area contributed by atoms with Gasteiger partial charge in [-0.1, -0.05) is 0 Å². The standard InChI is InChI=1S/C12H20N4/c1-12(2)5-3-7-16(12)11(8-13)10-4-6-14-9-15-10/h4,6,9,11H,3,5,7-8,13H2,1-2H3. The van der Waals surface area contributed by atoms with Crippen molar-refractivity contribution in [2.45, 2.75) is 38.3 Å². The van der Waals surface area contributed by atoms with Gasteiger partial charge >= 0.3 is 0 Å². The van der Waals surface area contributed by atoms with Gasteiger partial charge in [-0.25, -0.2) is 9.97 Å². The van der Waals surface area contributed by atoms with E-state index < -0.39 is 0 Å².